The van der Waals surface area contributed by atoms with Crippen molar-refractivity contribution in [2.45, 2.75) is 31.6 Å². The molecule has 0 atom stereocenters. The Labute approximate surface area is 142 Å². The Balaban J connectivity index is 2.23. The number of phenols is 1. The largest absolute Gasteiger partial charge is 0.507 e. The number of ketones is 1. The Bertz CT molecular complexity index is 690. The van der Waals surface area contributed by atoms with Gasteiger partial charge < -0.3 is 5.11 Å². The number of hydrogen-bond acceptors (Lipinski definition) is 3. The van der Waals surface area contributed by atoms with Gasteiger partial charge >= 0.3 is 0 Å². The molecule has 0 radical (unpaired) electrons. The molecule has 2 aromatic carbocycles. The van der Waals surface area contributed by atoms with Gasteiger partial charge in [-0.3, -0.25) is 4.79 Å². The monoisotopic (exact) mass is 326 g/mol. The molecular formula is C20H22O2S. The van der Waals surface area contributed by atoms with Crippen LogP contribution in [0.25, 0.3) is 6.08 Å². The van der Waals surface area contributed by atoms with E-state index in [-0.39, 0.29) is 5.78 Å². The minimum Gasteiger partial charge on any atom is -0.507 e. The first-order chi connectivity index (χ1) is 11.1. The quantitative estimate of drug-likeness (QED) is 0.454. The van der Waals surface area contributed by atoms with Crippen molar-refractivity contribution in [3.05, 3.63) is 64.7 Å². The Morgan fingerprint density at radius 3 is 2.13 bits per heavy atom. The molecule has 0 amide bonds. The molecule has 120 valence electrons. The molecule has 0 saturated heterocycles. The van der Waals surface area contributed by atoms with Crippen LogP contribution in [0, 0.1) is 0 Å². The van der Waals surface area contributed by atoms with Crippen LogP contribution in [-0.4, -0.2) is 17.1 Å². The van der Waals surface area contributed by atoms with E-state index in [0.717, 1.165) is 34.4 Å². The van der Waals surface area contributed by atoms with Gasteiger partial charge in [0.1, 0.15) is 5.75 Å². The molecule has 0 saturated carbocycles. The Morgan fingerprint density at radius 1 is 1.09 bits per heavy atom. The van der Waals surface area contributed by atoms with Gasteiger partial charge in [0.05, 0.1) is 0 Å². The highest BCUT2D eigenvalue weighted by Crippen LogP contribution is 2.26. The zero-order valence-electron chi connectivity index (χ0n) is 13.8. The summed E-state index contributed by atoms with van der Waals surface area (Å²) in [5, 5.41) is 10.1. The van der Waals surface area contributed by atoms with Crippen LogP contribution < -0.4 is 0 Å². The molecule has 0 aromatic heterocycles. The molecule has 0 aliphatic heterocycles. The zero-order chi connectivity index (χ0) is 16.8. The molecule has 3 heteroatoms. The molecule has 0 bridgehead atoms. The fourth-order valence-corrected chi connectivity index (χ4v) is 2.85. The van der Waals surface area contributed by atoms with E-state index in [2.05, 4.69) is 0 Å². The minimum atomic E-state index is -0.0122. The van der Waals surface area contributed by atoms with Crippen LogP contribution in [0.3, 0.4) is 0 Å². The molecule has 2 aromatic rings. The minimum absolute atomic E-state index is 0.0122. The lowest BCUT2D eigenvalue weighted by Crippen LogP contribution is -1.94. The van der Waals surface area contributed by atoms with Crippen LogP contribution in [0.2, 0.25) is 0 Å². The van der Waals surface area contributed by atoms with Crippen molar-refractivity contribution in [3.8, 4) is 5.75 Å². The topological polar surface area (TPSA) is 37.3 Å². The third-order valence-electron chi connectivity index (χ3n) is 3.85. The molecular weight excluding hydrogens is 304 g/mol. The van der Waals surface area contributed by atoms with Gasteiger partial charge in [0, 0.05) is 10.5 Å². The van der Waals surface area contributed by atoms with E-state index >= 15 is 0 Å². The van der Waals surface area contributed by atoms with Crippen molar-refractivity contribution >= 4 is 23.6 Å². The maximum atomic E-state index is 12.3. The first-order valence-electron chi connectivity index (χ1n) is 7.80. The van der Waals surface area contributed by atoms with E-state index in [1.165, 1.54) is 0 Å². The smallest absolute Gasteiger partial charge is 0.185 e. The molecule has 0 unspecified atom stereocenters. The Morgan fingerprint density at radius 2 is 1.65 bits per heavy atom. The number of phenolic OH excluding ortho intramolecular Hbond substituents is 1. The molecule has 23 heavy (non-hydrogen) atoms. The number of rotatable bonds is 6. The molecule has 2 nitrogen and oxygen atoms in total. The summed E-state index contributed by atoms with van der Waals surface area (Å²) in [6.45, 7) is 4.03. The van der Waals surface area contributed by atoms with E-state index in [1.807, 2.05) is 62.6 Å². The van der Waals surface area contributed by atoms with Crippen molar-refractivity contribution in [2.24, 2.45) is 0 Å². The number of thioether (sulfide) groups is 1. The van der Waals surface area contributed by atoms with Gasteiger partial charge in [-0.15, -0.1) is 11.8 Å². The van der Waals surface area contributed by atoms with Crippen molar-refractivity contribution in [1.29, 1.82) is 0 Å². The highest BCUT2D eigenvalue weighted by atomic mass is 32.2. The molecule has 0 aliphatic rings. The van der Waals surface area contributed by atoms with Crippen molar-refractivity contribution in [2.75, 3.05) is 6.26 Å². The first-order valence-corrected chi connectivity index (χ1v) is 9.02. The molecule has 0 heterocycles. The maximum absolute atomic E-state index is 12.3. The second-order valence-electron chi connectivity index (χ2n) is 5.32. The lowest BCUT2D eigenvalue weighted by molar-refractivity contribution is 0.104. The number of aromatic hydroxyl groups is 1. The normalized spacial score (nSPS) is 11.1. The summed E-state index contributed by atoms with van der Waals surface area (Å²) in [5.41, 5.74) is 3.47. The van der Waals surface area contributed by atoms with Crippen LogP contribution in [0.4, 0.5) is 0 Å². The second-order valence-corrected chi connectivity index (χ2v) is 6.20. The number of carbonyl (C=O) groups is 1. The highest BCUT2D eigenvalue weighted by molar-refractivity contribution is 7.98. The molecule has 0 fully saturated rings. The predicted molar refractivity (Wildman–Crippen MR) is 98.5 cm³/mol. The predicted octanol–water partition coefficient (Wildman–Crippen LogP) is 5.14. The SMILES string of the molecule is CCc1cc(/C=C/C(=O)c2ccc(SC)cc2)cc(CC)c1O. The van der Waals surface area contributed by atoms with Crippen LogP contribution in [0.1, 0.15) is 40.9 Å². The summed E-state index contributed by atoms with van der Waals surface area (Å²) in [5.74, 6) is 0.368. The average Bonchev–Trinajstić information content (AvgIpc) is 2.60. The van der Waals surface area contributed by atoms with Crippen molar-refractivity contribution in [3.63, 3.8) is 0 Å². The fourth-order valence-electron chi connectivity index (χ4n) is 2.45. The van der Waals surface area contributed by atoms with E-state index in [9.17, 15) is 9.90 Å². The highest BCUT2D eigenvalue weighted by Gasteiger charge is 2.07. The zero-order valence-corrected chi connectivity index (χ0v) is 14.6. The summed E-state index contributed by atoms with van der Waals surface area (Å²) in [6.07, 6.45) is 6.97. The maximum Gasteiger partial charge on any atom is 0.185 e. The second kappa shape index (κ2) is 8.02. The Kier molecular flexibility index (Phi) is 6.05. The van der Waals surface area contributed by atoms with Gasteiger partial charge in [0.2, 0.25) is 0 Å². The average molecular weight is 326 g/mol. The van der Waals surface area contributed by atoms with E-state index in [0.29, 0.717) is 11.3 Å². The van der Waals surface area contributed by atoms with Crippen molar-refractivity contribution < 1.29 is 9.90 Å². The lowest BCUT2D eigenvalue weighted by atomic mass is 10.00. The third kappa shape index (κ3) is 4.26. The van der Waals surface area contributed by atoms with Crippen molar-refractivity contribution in [1.82, 2.24) is 0 Å². The number of allylic oxidation sites excluding steroid dienone is 1. The van der Waals surface area contributed by atoms with Gasteiger partial charge in [0.15, 0.2) is 5.78 Å². The molecule has 0 aliphatic carbocycles. The van der Waals surface area contributed by atoms with Gasteiger partial charge in [-0.05, 0) is 78.3 Å². The van der Waals surface area contributed by atoms with Crippen LogP contribution in [0.5, 0.6) is 5.75 Å². The number of hydrogen-bond donors (Lipinski definition) is 1. The van der Waals surface area contributed by atoms with Gasteiger partial charge in [-0.1, -0.05) is 19.9 Å². The van der Waals surface area contributed by atoms with Gasteiger partial charge in [-0.2, -0.15) is 0 Å². The fraction of sp³-hybridized carbons (Fsp3) is 0.250. The number of carbonyl (C=O) groups excluding carboxylic acids is 1. The Hall–Kier alpha value is -2.00. The summed E-state index contributed by atoms with van der Waals surface area (Å²) >= 11 is 1.66. The van der Waals surface area contributed by atoms with Gasteiger partial charge in [0.25, 0.3) is 0 Å². The van der Waals surface area contributed by atoms with E-state index < -0.39 is 0 Å². The van der Waals surface area contributed by atoms with Crippen LogP contribution in [-0.2, 0) is 12.8 Å². The molecule has 1 N–H and O–H groups in total. The molecule has 0 spiro atoms. The van der Waals surface area contributed by atoms with Gasteiger partial charge in [-0.25, -0.2) is 0 Å². The third-order valence-corrected chi connectivity index (χ3v) is 4.60. The number of aryl methyl sites for hydroxylation is 2. The summed E-state index contributed by atoms with van der Waals surface area (Å²) in [6, 6.07) is 11.5. The van der Waals surface area contributed by atoms with E-state index in [4.69, 9.17) is 0 Å². The standard InChI is InChI=1S/C20H22O2S/c1-4-15-12-14(13-16(5-2)20(15)22)6-11-19(21)17-7-9-18(23-3)10-8-17/h6-13,22H,4-5H2,1-3H3/b11-6+. The summed E-state index contributed by atoms with van der Waals surface area (Å²) in [7, 11) is 0. The van der Waals surface area contributed by atoms with Crippen LogP contribution >= 0.6 is 11.8 Å². The molecule has 2 rings (SSSR count). The van der Waals surface area contributed by atoms with E-state index in [1.54, 1.807) is 17.8 Å². The number of benzene rings is 2. The lowest BCUT2D eigenvalue weighted by Gasteiger charge is -2.09. The summed E-state index contributed by atoms with van der Waals surface area (Å²) < 4.78 is 0. The first kappa shape index (κ1) is 17.4. The summed E-state index contributed by atoms with van der Waals surface area (Å²) in [4.78, 5) is 13.4. The van der Waals surface area contributed by atoms with Crippen LogP contribution in [0.15, 0.2) is 47.4 Å².